The zero-order valence-corrected chi connectivity index (χ0v) is 16.6. The molecule has 0 unspecified atom stereocenters. The first-order valence-electron chi connectivity index (χ1n) is 9.65. The molecule has 2 aliphatic rings. The van der Waals surface area contributed by atoms with Gasteiger partial charge in [-0.2, -0.15) is 5.26 Å². The Bertz CT molecular complexity index is 875. The maximum Gasteiger partial charge on any atom is 0.338 e. The third kappa shape index (κ3) is 4.04. The van der Waals surface area contributed by atoms with E-state index in [1.807, 2.05) is 37.0 Å². The van der Waals surface area contributed by atoms with E-state index in [0.717, 1.165) is 29.7 Å². The number of aryl methyl sites for hydroxylation is 2. The Hall–Kier alpha value is -2.81. The van der Waals surface area contributed by atoms with Gasteiger partial charge in [-0.25, -0.2) is 9.18 Å². The second-order valence-electron chi connectivity index (χ2n) is 7.40. The number of hydrogen-bond donors (Lipinski definition) is 1. The second-order valence-corrected chi connectivity index (χ2v) is 7.40. The average molecular weight is 383 g/mol. The summed E-state index contributed by atoms with van der Waals surface area (Å²) in [6.07, 6.45) is 4.45. The minimum absolute atomic E-state index is 0.178. The molecule has 28 heavy (non-hydrogen) atoms. The Morgan fingerprint density at radius 3 is 2.64 bits per heavy atom. The van der Waals surface area contributed by atoms with Crippen LogP contribution in [0.2, 0.25) is 0 Å². The molecule has 0 spiro atoms. The molecule has 148 valence electrons. The maximum atomic E-state index is 14.3. The topological polar surface area (TPSA) is 65.4 Å². The molecule has 0 radical (unpaired) electrons. The number of hydrogen-bond acceptors (Lipinski definition) is 5. The lowest BCUT2D eigenvalue weighted by molar-refractivity contribution is 0.0600. The normalized spacial score (nSPS) is 17.8. The van der Waals surface area contributed by atoms with Crippen molar-refractivity contribution >= 4 is 11.7 Å². The number of rotatable bonds is 4. The highest BCUT2D eigenvalue weighted by atomic mass is 19.1. The van der Waals surface area contributed by atoms with Crippen LogP contribution >= 0.6 is 0 Å². The Morgan fingerprint density at radius 1 is 1.29 bits per heavy atom. The van der Waals surface area contributed by atoms with Crippen LogP contribution < -0.4 is 5.32 Å². The Kier molecular flexibility index (Phi) is 6.03. The Labute approximate surface area is 165 Å². The number of allylic oxidation sites excluding steroid dienone is 3. The summed E-state index contributed by atoms with van der Waals surface area (Å²) < 4.78 is 19.2. The van der Waals surface area contributed by atoms with Crippen LogP contribution in [-0.4, -0.2) is 37.1 Å². The number of carbonyl (C=O) groups excluding carboxylic acids is 1. The molecule has 0 atom stereocenters. The van der Waals surface area contributed by atoms with Crippen LogP contribution in [0.3, 0.4) is 0 Å². The minimum Gasteiger partial charge on any atom is -0.465 e. The van der Waals surface area contributed by atoms with Crippen molar-refractivity contribution in [3.63, 3.8) is 0 Å². The first kappa shape index (κ1) is 19.9. The summed E-state index contributed by atoms with van der Waals surface area (Å²) in [6.45, 7) is 5.29. The molecule has 1 aliphatic carbocycles. The quantitative estimate of drug-likeness (QED) is 0.781. The molecule has 0 aromatic heterocycles. The summed E-state index contributed by atoms with van der Waals surface area (Å²) >= 11 is 0. The van der Waals surface area contributed by atoms with Crippen molar-refractivity contribution in [3.8, 4) is 6.07 Å². The fourth-order valence-electron chi connectivity index (χ4n) is 3.95. The standard InChI is InChI=1S/C22H26FN3O2/c1-14-11-15(2)20(12-18(14)22(27)28-3)25-17-7-9-26(10-8-17)21-16(13-24)5-4-6-19(21)23/h5,11-12,17,25H,4,6-10H2,1-3H3. The molecular formula is C22H26FN3O2. The van der Waals surface area contributed by atoms with Crippen LogP contribution in [-0.2, 0) is 4.74 Å². The smallest absolute Gasteiger partial charge is 0.338 e. The van der Waals surface area contributed by atoms with Crippen molar-refractivity contribution in [2.75, 3.05) is 25.5 Å². The third-order valence-corrected chi connectivity index (χ3v) is 5.49. The van der Waals surface area contributed by atoms with Gasteiger partial charge in [0, 0.05) is 31.2 Å². The highest BCUT2D eigenvalue weighted by molar-refractivity contribution is 5.92. The molecule has 6 heteroatoms. The lowest BCUT2D eigenvalue weighted by Crippen LogP contribution is -2.39. The zero-order valence-electron chi connectivity index (χ0n) is 16.6. The van der Waals surface area contributed by atoms with Gasteiger partial charge in [0.05, 0.1) is 23.9 Å². The molecule has 1 aliphatic heterocycles. The van der Waals surface area contributed by atoms with E-state index in [4.69, 9.17) is 4.74 Å². The molecule has 1 N–H and O–H groups in total. The summed E-state index contributed by atoms with van der Waals surface area (Å²) in [5.41, 5.74) is 4.37. The number of benzene rings is 1. The van der Waals surface area contributed by atoms with Gasteiger partial charge in [-0.1, -0.05) is 12.1 Å². The number of piperidine rings is 1. The fourth-order valence-corrected chi connectivity index (χ4v) is 3.95. The third-order valence-electron chi connectivity index (χ3n) is 5.49. The van der Waals surface area contributed by atoms with Crippen molar-refractivity contribution in [1.82, 2.24) is 4.90 Å². The van der Waals surface area contributed by atoms with Gasteiger partial charge in [0.25, 0.3) is 0 Å². The van der Waals surface area contributed by atoms with Gasteiger partial charge in [0.1, 0.15) is 11.9 Å². The van der Waals surface area contributed by atoms with Gasteiger partial charge in [0.15, 0.2) is 0 Å². The molecule has 1 heterocycles. The van der Waals surface area contributed by atoms with E-state index >= 15 is 0 Å². The van der Waals surface area contributed by atoms with Gasteiger partial charge >= 0.3 is 5.97 Å². The van der Waals surface area contributed by atoms with Gasteiger partial charge < -0.3 is 15.0 Å². The van der Waals surface area contributed by atoms with Crippen molar-refractivity contribution < 1.29 is 13.9 Å². The van der Waals surface area contributed by atoms with Gasteiger partial charge in [0.2, 0.25) is 0 Å². The molecule has 0 saturated carbocycles. The lowest BCUT2D eigenvalue weighted by Gasteiger charge is -2.36. The number of ether oxygens (including phenoxy) is 1. The molecule has 1 aromatic rings. The van der Waals surface area contributed by atoms with Crippen LogP contribution in [0.5, 0.6) is 0 Å². The number of anilines is 1. The Morgan fingerprint density at radius 2 is 2.00 bits per heavy atom. The van der Waals surface area contributed by atoms with E-state index in [0.29, 0.717) is 42.8 Å². The molecular weight excluding hydrogens is 357 g/mol. The van der Waals surface area contributed by atoms with Crippen LogP contribution in [0, 0.1) is 25.2 Å². The van der Waals surface area contributed by atoms with Crippen LogP contribution in [0.25, 0.3) is 0 Å². The summed E-state index contributed by atoms with van der Waals surface area (Å²) in [7, 11) is 1.38. The van der Waals surface area contributed by atoms with Gasteiger partial charge in [-0.3, -0.25) is 0 Å². The van der Waals surface area contributed by atoms with E-state index in [1.165, 1.54) is 7.11 Å². The summed E-state index contributed by atoms with van der Waals surface area (Å²) in [5, 5.41) is 12.8. The first-order valence-corrected chi connectivity index (χ1v) is 9.65. The summed E-state index contributed by atoms with van der Waals surface area (Å²) in [6, 6.07) is 6.19. The Balaban J connectivity index is 1.69. The second kappa shape index (κ2) is 8.47. The van der Waals surface area contributed by atoms with Gasteiger partial charge in [-0.15, -0.1) is 0 Å². The predicted octanol–water partition coefficient (Wildman–Crippen LogP) is 4.39. The predicted molar refractivity (Wildman–Crippen MR) is 107 cm³/mol. The molecule has 1 saturated heterocycles. The van der Waals surface area contributed by atoms with E-state index in [1.54, 1.807) is 0 Å². The highest BCUT2D eigenvalue weighted by Gasteiger charge is 2.27. The van der Waals surface area contributed by atoms with Crippen molar-refractivity contribution in [2.24, 2.45) is 0 Å². The minimum atomic E-state index is -0.342. The average Bonchev–Trinajstić information content (AvgIpc) is 2.70. The highest BCUT2D eigenvalue weighted by Crippen LogP contribution is 2.31. The molecule has 0 amide bonds. The zero-order chi connectivity index (χ0) is 20.3. The summed E-state index contributed by atoms with van der Waals surface area (Å²) in [4.78, 5) is 14.0. The molecule has 1 aromatic carbocycles. The van der Waals surface area contributed by atoms with Gasteiger partial charge in [-0.05, 0) is 50.3 Å². The number of nitriles is 1. The number of methoxy groups -OCH3 is 1. The number of likely N-dealkylation sites (tertiary alicyclic amines) is 1. The van der Waals surface area contributed by atoms with E-state index in [9.17, 15) is 14.4 Å². The van der Waals surface area contributed by atoms with E-state index in [-0.39, 0.29) is 17.8 Å². The van der Waals surface area contributed by atoms with E-state index < -0.39 is 0 Å². The largest absolute Gasteiger partial charge is 0.465 e. The van der Waals surface area contributed by atoms with Crippen molar-refractivity contribution in [2.45, 2.75) is 45.6 Å². The number of halogens is 1. The molecule has 1 fully saturated rings. The van der Waals surface area contributed by atoms with Crippen LogP contribution in [0.4, 0.5) is 10.1 Å². The van der Waals surface area contributed by atoms with Crippen LogP contribution in [0.1, 0.15) is 47.2 Å². The number of nitrogens with one attached hydrogen (secondary N) is 1. The maximum absolute atomic E-state index is 14.3. The number of esters is 1. The molecule has 0 bridgehead atoms. The fraction of sp³-hybridized carbons (Fsp3) is 0.455. The lowest BCUT2D eigenvalue weighted by atomic mass is 9.97. The van der Waals surface area contributed by atoms with E-state index in [2.05, 4.69) is 11.4 Å². The first-order chi connectivity index (χ1) is 13.4. The number of nitrogens with zero attached hydrogens (tertiary/aromatic N) is 2. The monoisotopic (exact) mass is 383 g/mol. The molecule has 5 nitrogen and oxygen atoms in total. The molecule has 3 rings (SSSR count). The van der Waals surface area contributed by atoms with Crippen molar-refractivity contribution in [3.05, 3.63) is 52.0 Å². The number of carbonyl (C=O) groups is 1. The summed E-state index contributed by atoms with van der Waals surface area (Å²) in [5.74, 6) is -0.520. The van der Waals surface area contributed by atoms with Crippen molar-refractivity contribution in [1.29, 1.82) is 5.26 Å². The van der Waals surface area contributed by atoms with Crippen LogP contribution in [0.15, 0.2) is 35.3 Å². The SMILES string of the molecule is COC(=O)c1cc(NC2CCN(C3=C(F)CCC=C3C#N)CC2)c(C)cc1C.